The Hall–Kier alpha value is -4.19. The van der Waals surface area contributed by atoms with Crippen molar-refractivity contribution in [3.05, 3.63) is 50.6 Å². The topological polar surface area (TPSA) is 143 Å². The molecule has 1 amide bonds. The smallest absolute Gasteiger partial charge is 0.404 e. The first kappa shape index (κ1) is 24.2. The number of carbonyl (C=O) groups excluding carboxylic acids is 1. The summed E-state index contributed by atoms with van der Waals surface area (Å²) in [7, 11) is 0. The molecule has 0 spiro atoms. The molecule has 0 fully saturated rings. The molecule has 1 unspecified atom stereocenters. The molecule has 3 N–H and O–H groups in total. The van der Waals surface area contributed by atoms with E-state index in [-0.39, 0.29) is 55.2 Å². The number of aryl methyl sites for hydroxylation is 1. The molecule has 0 saturated heterocycles. The van der Waals surface area contributed by atoms with Gasteiger partial charge in [-0.3, -0.25) is 4.79 Å². The Morgan fingerprint density at radius 2 is 2.05 bits per heavy atom. The van der Waals surface area contributed by atoms with Crippen molar-refractivity contribution in [2.75, 3.05) is 31.1 Å². The SMILES string of the molecule is CCC1(O)C(=O)OCc2c1cc1n(c2=O)Cc2c-1nc1cc(F)c3c(c1c2C)N(CCNC(=O)O)CCO3. The minimum absolute atomic E-state index is 0.0304. The number of hydrogen-bond acceptors (Lipinski definition) is 8. The van der Waals surface area contributed by atoms with Crippen LogP contribution in [-0.2, 0) is 28.3 Å². The summed E-state index contributed by atoms with van der Waals surface area (Å²) < 4.78 is 27.6. The van der Waals surface area contributed by atoms with Gasteiger partial charge in [-0.05, 0) is 25.0 Å². The lowest BCUT2D eigenvalue weighted by Gasteiger charge is -2.33. The summed E-state index contributed by atoms with van der Waals surface area (Å²) in [5.74, 6) is -1.32. The van der Waals surface area contributed by atoms with Crippen LogP contribution < -0.4 is 20.5 Å². The molecule has 1 aromatic carbocycles. The van der Waals surface area contributed by atoms with Gasteiger partial charge < -0.3 is 34.5 Å². The molecule has 38 heavy (non-hydrogen) atoms. The molecule has 0 bridgehead atoms. The number of pyridine rings is 2. The number of aliphatic hydroxyl groups is 1. The maximum Gasteiger partial charge on any atom is 0.404 e. The number of anilines is 1. The van der Waals surface area contributed by atoms with Gasteiger partial charge in [0.2, 0.25) is 0 Å². The number of carbonyl (C=O) groups is 2. The van der Waals surface area contributed by atoms with Crippen molar-refractivity contribution in [1.82, 2.24) is 14.9 Å². The van der Waals surface area contributed by atoms with Crippen molar-refractivity contribution in [3.8, 4) is 17.1 Å². The number of fused-ring (bicyclic) bond motifs is 7. The van der Waals surface area contributed by atoms with E-state index < -0.39 is 23.5 Å². The third-order valence-corrected chi connectivity index (χ3v) is 7.72. The zero-order valence-corrected chi connectivity index (χ0v) is 20.8. The van der Waals surface area contributed by atoms with E-state index in [4.69, 9.17) is 19.6 Å². The predicted molar refractivity (Wildman–Crippen MR) is 133 cm³/mol. The van der Waals surface area contributed by atoms with Crippen LogP contribution in [0.25, 0.3) is 22.3 Å². The number of rotatable bonds is 4. The minimum Gasteiger partial charge on any atom is -0.486 e. The van der Waals surface area contributed by atoms with Gasteiger partial charge in [-0.2, -0.15) is 0 Å². The third-order valence-electron chi connectivity index (χ3n) is 7.72. The Kier molecular flexibility index (Phi) is 5.35. The highest BCUT2D eigenvalue weighted by Crippen LogP contribution is 2.46. The number of halogens is 1. The highest BCUT2D eigenvalue weighted by Gasteiger charge is 2.45. The minimum atomic E-state index is -1.94. The van der Waals surface area contributed by atoms with Gasteiger partial charge >= 0.3 is 12.1 Å². The zero-order valence-electron chi connectivity index (χ0n) is 20.8. The van der Waals surface area contributed by atoms with Crippen molar-refractivity contribution >= 4 is 28.7 Å². The summed E-state index contributed by atoms with van der Waals surface area (Å²) in [6.45, 7) is 4.59. The Balaban J connectivity index is 1.55. The summed E-state index contributed by atoms with van der Waals surface area (Å²) in [6.07, 6.45) is -1.12. The van der Waals surface area contributed by atoms with Gasteiger partial charge in [-0.1, -0.05) is 6.92 Å². The molecule has 11 nitrogen and oxygen atoms in total. The summed E-state index contributed by atoms with van der Waals surface area (Å²) in [4.78, 5) is 43.5. The Labute approximate surface area is 215 Å². The van der Waals surface area contributed by atoms with Crippen LogP contribution in [0.3, 0.4) is 0 Å². The molecule has 12 heteroatoms. The van der Waals surface area contributed by atoms with E-state index in [1.807, 2.05) is 11.8 Å². The number of amides is 1. The van der Waals surface area contributed by atoms with E-state index in [2.05, 4.69) is 5.32 Å². The molecule has 6 rings (SSSR count). The average molecular weight is 525 g/mol. The van der Waals surface area contributed by atoms with Crippen molar-refractivity contribution in [3.63, 3.8) is 0 Å². The first-order chi connectivity index (χ1) is 18.2. The normalized spacial score (nSPS) is 19.3. The van der Waals surface area contributed by atoms with E-state index in [0.29, 0.717) is 41.1 Å². The molecule has 3 aliphatic heterocycles. The number of esters is 1. The fourth-order valence-corrected chi connectivity index (χ4v) is 5.73. The molecule has 2 aromatic heterocycles. The molecule has 0 saturated carbocycles. The molecule has 0 radical (unpaired) electrons. The van der Waals surface area contributed by atoms with Gasteiger partial charge in [0.1, 0.15) is 13.2 Å². The molecule has 1 atom stereocenters. The number of benzene rings is 1. The Bertz CT molecular complexity index is 1620. The number of hydrogen-bond donors (Lipinski definition) is 3. The van der Waals surface area contributed by atoms with Gasteiger partial charge in [0.15, 0.2) is 17.2 Å². The molecule has 198 valence electrons. The summed E-state index contributed by atoms with van der Waals surface area (Å²) in [6, 6.07) is 2.91. The van der Waals surface area contributed by atoms with Crippen LogP contribution in [0.15, 0.2) is 16.9 Å². The third kappa shape index (κ3) is 3.29. The maximum atomic E-state index is 15.2. The highest BCUT2D eigenvalue weighted by molar-refractivity contribution is 6.01. The monoisotopic (exact) mass is 524 g/mol. The maximum absolute atomic E-state index is 15.2. The first-order valence-corrected chi connectivity index (χ1v) is 12.3. The molecule has 3 aromatic rings. The zero-order chi connectivity index (χ0) is 26.9. The Morgan fingerprint density at radius 1 is 1.26 bits per heavy atom. The summed E-state index contributed by atoms with van der Waals surface area (Å²) in [5, 5.41) is 23.0. The summed E-state index contributed by atoms with van der Waals surface area (Å²) >= 11 is 0. The average Bonchev–Trinajstić information content (AvgIpc) is 3.26. The largest absolute Gasteiger partial charge is 0.486 e. The quantitative estimate of drug-likeness (QED) is 0.342. The van der Waals surface area contributed by atoms with Gasteiger partial charge in [0.25, 0.3) is 5.56 Å². The van der Waals surface area contributed by atoms with Crippen molar-refractivity contribution in [2.45, 2.75) is 39.0 Å². The lowest BCUT2D eigenvalue weighted by atomic mass is 9.86. The van der Waals surface area contributed by atoms with Crippen molar-refractivity contribution < 1.29 is 33.7 Å². The van der Waals surface area contributed by atoms with Gasteiger partial charge in [0, 0.05) is 35.7 Å². The lowest BCUT2D eigenvalue weighted by Crippen LogP contribution is -2.44. The highest BCUT2D eigenvalue weighted by atomic mass is 19.1. The van der Waals surface area contributed by atoms with Gasteiger partial charge in [-0.15, -0.1) is 0 Å². The van der Waals surface area contributed by atoms with Crippen LogP contribution in [0.2, 0.25) is 0 Å². The molecule has 0 aliphatic carbocycles. The van der Waals surface area contributed by atoms with Gasteiger partial charge in [0.05, 0.1) is 41.2 Å². The van der Waals surface area contributed by atoms with Crippen molar-refractivity contribution in [1.29, 1.82) is 0 Å². The number of nitrogens with one attached hydrogen (secondary N) is 1. The van der Waals surface area contributed by atoms with Crippen LogP contribution >= 0.6 is 0 Å². The summed E-state index contributed by atoms with van der Waals surface area (Å²) in [5.41, 5.74) is 1.41. The standard InChI is InChI=1S/C26H25FN4O7/c1-3-26(36)15-8-18-20-13(10-31(18)23(32)14(15)11-38-24(26)33)12(2)19-17(29-20)9-16(27)22-21(19)30(6-7-37-22)5-4-28-25(34)35/h8-9,28,36H,3-7,10-11H2,1-2H3,(H,34,35). The van der Waals surface area contributed by atoms with E-state index >= 15 is 4.39 Å². The van der Waals surface area contributed by atoms with E-state index in [1.54, 1.807) is 13.0 Å². The van der Waals surface area contributed by atoms with E-state index in [0.717, 1.165) is 11.1 Å². The lowest BCUT2D eigenvalue weighted by molar-refractivity contribution is -0.172. The fraction of sp³-hybridized carbons (Fsp3) is 0.385. The van der Waals surface area contributed by atoms with Crippen LogP contribution in [0, 0.1) is 12.7 Å². The molecular formula is C26H25FN4O7. The van der Waals surface area contributed by atoms with Crippen LogP contribution in [-0.4, -0.2) is 58.1 Å². The van der Waals surface area contributed by atoms with Crippen LogP contribution in [0.5, 0.6) is 5.75 Å². The van der Waals surface area contributed by atoms with Crippen LogP contribution in [0.4, 0.5) is 14.9 Å². The second kappa shape index (κ2) is 8.42. The second-order valence-corrected chi connectivity index (χ2v) is 9.66. The van der Waals surface area contributed by atoms with E-state index in [9.17, 15) is 19.5 Å². The number of nitrogens with zero attached hydrogens (tertiary/aromatic N) is 3. The van der Waals surface area contributed by atoms with Gasteiger partial charge in [-0.25, -0.2) is 19.0 Å². The van der Waals surface area contributed by atoms with Crippen molar-refractivity contribution in [2.24, 2.45) is 0 Å². The molecule has 3 aliphatic rings. The predicted octanol–water partition coefficient (Wildman–Crippen LogP) is 1.99. The van der Waals surface area contributed by atoms with E-state index in [1.165, 1.54) is 10.6 Å². The first-order valence-electron chi connectivity index (χ1n) is 12.3. The number of carboxylic acid groups (broad SMARTS) is 1. The molecule has 5 heterocycles. The Morgan fingerprint density at radius 3 is 2.79 bits per heavy atom. The second-order valence-electron chi connectivity index (χ2n) is 9.66. The fourth-order valence-electron chi connectivity index (χ4n) is 5.73. The number of cyclic esters (lactones) is 1. The molecular weight excluding hydrogens is 499 g/mol. The van der Waals surface area contributed by atoms with Crippen LogP contribution in [0.1, 0.15) is 35.6 Å². The number of aromatic nitrogens is 2. The number of ether oxygens (including phenoxy) is 2.